The molecule has 176 valence electrons. The molecular weight excluding hydrogens is 454 g/mol. The molecule has 0 aliphatic carbocycles. The molecule has 0 radical (unpaired) electrons. The van der Waals surface area contributed by atoms with E-state index in [-0.39, 0.29) is 5.03 Å². The lowest BCUT2D eigenvalue weighted by molar-refractivity contribution is -0.237. The minimum atomic E-state index is -1.38. The number of rotatable bonds is 7. The highest BCUT2D eigenvalue weighted by molar-refractivity contribution is 7.99. The highest BCUT2D eigenvalue weighted by Gasteiger charge is 2.52. The van der Waals surface area contributed by atoms with Gasteiger partial charge in [-0.05, 0) is 0 Å². The number of carbonyl (C=O) groups is 4. The molecule has 15 heteroatoms. The van der Waals surface area contributed by atoms with Gasteiger partial charge in [-0.3, -0.25) is 29.0 Å². The monoisotopic (exact) mass is 475 g/mol. The molecule has 1 aliphatic heterocycles. The summed E-state index contributed by atoms with van der Waals surface area (Å²) in [5.74, 6) is -3.01. The first-order chi connectivity index (χ1) is 15.0. The maximum absolute atomic E-state index is 12.1. The van der Waals surface area contributed by atoms with E-state index < -0.39 is 71.6 Å². The number of esters is 4. The Hall–Kier alpha value is -3.20. The van der Waals surface area contributed by atoms with Crippen molar-refractivity contribution < 1.29 is 42.9 Å². The number of thioether (sulfide) groups is 1. The second-order valence-corrected chi connectivity index (χ2v) is 7.58. The Morgan fingerprint density at radius 2 is 1.47 bits per heavy atom. The molecule has 32 heavy (non-hydrogen) atoms. The number of hydrogen-bond donors (Lipinski definition) is 2. The van der Waals surface area contributed by atoms with Gasteiger partial charge in [0.25, 0.3) is 5.56 Å². The van der Waals surface area contributed by atoms with Crippen molar-refractivity contribution >= 4 is 35.6 Å². The van der Waals surface area contributed by atoms with Crippen LogP contribution >= 0.6 is 11.8 Å². The molecule has 14 nitrogen and oxygen atoms in total. The van der Waals surface area contributed by atoms with Crippen LogP contribution in [0.15, 0.2) is 14.6 Å². The molecule has 2 heterocycles. The predicted molar refractivity (Wildman–Crippen MR) is 103 cm³/mol. The van der Waals surface area contributed by atoms with Crippen molar-refractivity contribution in [2.75, 3.05) is 6.61 Å². The van der Waals surface area contributed by atoms with Crippen molar-refractivity contribution in [2.24, 2.45) is 0 Å². The molecule has 2 N–H and O–H groups in total. The standard InChI is InChI=1S/C17H21N3O11S/c1-6(21)27-5-10-11(28-7(2)22)12(29-8(3)23)13(30-9(4)24)16(31-10)32-15-14(25)18-17(26)20-19-15/h10-13,16H,5H2,1-4H3,(H2,18,20,25,26)/t10-,11-,12-,13+,16+/m0/s1. The predicted octanol–water partition coefficient (Wildman–Crippen LogP) is -1.37. The molecule has 1 fully saturated rings. The van der Waals surface area contributed by atoms with Crippen LogP contribution in [0.5, 0.6) is 0 Å². The van der Waals surface area contributed by atoms with Crippen LogP contribution in [0.2, 0.25) is 0 Å². The zero-order valence-corrected chi connectivity index (χ0v) is 18.3. The van der Waals surface area contributed by atoms with Crippen molar-refractivity contribution in [1.29, 1.82) is 0 Å². The molecule has 0 amide bonds. The smallest absolute Gasteiger partial charge is 0.342 e. The summed E-state index contributed by atoms with van der Waals surface area (Å²) in [5, 5.41) is 5.41. The molecule has 0 unspecified atom stereocenters. The van der Waals surface area contributed by atoms with E-state index in [1.54, 1.807) is 0 Å². The van der Waals surface area contributed by atoms with Crippen LogP contribution in [0.4, 0.5) is 0 Å². The van der Waals surface area contributed by atoms with Gasteiger partial charge in [0.05, 0.1) is 0 Å². The highest BCUT2D eigenvalue weighted by atomic mass is 32.2. The zero-order valence-electron chi connectivity index (χ0n) is 17.4. The van der Waals surface area contributed by atoms with Gasteiger partial charge < -0.3 is 23.7 Å². The van der Waals surface area contributed by atoms with E-state index in [0.717, 1.165) is 27.7 Å². The third-order valence-electron chi connectivity index (χ3n) is 3.86. The molecule has 0 bridgehead atoms. The third-order valence-corrected chi connectivity index (χ3v) is 4.97. The highest BCUT2D eigenvalue weighted by Crippen LogP contribution is 2.36. The number of carbonyl (C=O) groups excluding carboxylic acids is 4. The van der Waals surface area contributed by atoms with Gasteiger partial charge in [-0.2, -0.15) is 5.10 Å². The largest absolute Gasteiger partial charge is 0.463 e. The maximum atomic E-state index is 12.1. The second kappa shape index (κ2) is 10.9. The van der Waals surface area contributed by atoms with Gasteiger partial charge in [-0.15, -0.1) is 0 Å². The third kappa shape index (κ3) is 6.91. The summed E-state index contributed by atoms with van der Waals surface area (Å²) in [7, 11) is 0. The first kappa shape index (κ1) is 25.1. The number of aromatic nitrogens is 3. The SMILES string of the molecule is CC(=O)OC[C@@H]1O[C@H](Sc2n[nH]c(=O)[nH]c2=O)[C@H](OC(C)=O)[C@@H](OC(C)=O)[C@H]1OC(C)=O. The fourth-order valence-electron chi connectivity index (χ4n) is 2.81. The number of nitrogens with zero attached hydrogens (tertiary/aromatic N) is 1. The van der Waals surface area contributed by atoms with Crippen LogP contribution in [-0.2, 0) is 42.9 Å². The molecule has 1 aliphatic rings. The summed E-state index contributed by atoms with van der Waals surface area (Å²) >= 11 is 0.643. The molecule has 0 spiro atoms. The number of H-pyrrole nitrogens is 2. The Labute approximate surface area is 184 Å². The quantitative estimate of drug-likeness (QED) is 0.347. The Balaban J connectivity index is 2.49. The van der Waals surface area contributed by atoms with Crippen LogP contribution in [0.3, 0.4) is 0 Å². The van der Waals surface area contributed by atoms with Gasteiger partial charge in [0.15, 0.2) is 28.8 Å². The summed E-state index contributed by atoms with van der Waals surface area (Å²) in [4.78, 5) is 71.7. The van der Waals surface area contributed by atoms with Crippen molar-refractivity contribution in [2.45, 2.75) is 62.6 Å². The number of nitrogens with one attached hydrogen (secondary N) is 2. The number of hydrogen-bond acceptors (Lipinski definition) is 13. The topological polar surface area (TPSA) is 193 Å². The lowest BCUT2D eigenvalue weighted by atomic mass is 9.99. The summed E-state index contributed by atoms with van der Waals surface area (Å²) in [5.41, 5.74) is -2.94. The van der Waals surface area contributed by atoms with Crippen molar-refractivity contribution in [3.63, 3.8) is 0 Å². The van der Waals surface area contributed by atoms with E-state index in [0.29, 0.717) is 11.8 Å². The van der Waals surface area contributed by atoms with E-state index in [1.807, 2.05) is 10.1 Å². The van der Waals surface area contributed by atoms with Crippen molar-refractivity contribution in [3.05, 3.63) is 20.8 Å². The lowest BCUT2D eigenvalue weighted by Crippen LogP contribution is -2.61. The van der Waals surface area contributed by atoms with Crippen molar-refractivity contribution in [1.82, 2.24) is 15.2 Å². The molecule has 2 rings (SSSR count). The Bertz CT molecular complexity index is 990. The Morgan fingerprint density at radius 1 is 0.906 bits per heavy atom. The number of aromatic amines is 2. The van der Waals surface area contributed by atoms with Gasteiger partial charge >= 0.3 is 29.6 Å². The van der Waals surface area contributed by atoms with Crippen LogP contribution in [0.1, 0.15) is 27.7 Å². The van der Waals surface area contributed by atoms with E-state index in [2.05, 4.69) is 5.10 Å². The van der Waals surface area contributed by atoms with Crippen LogP contribution in [-0.4, -0.2) is 75.5 Å². The number of ether oxygens (including phenoxy) is 5. The second-order valence-electron chi connectivity index (χ2n) is 6.50. The van der Waals surface area contributed by atoms with Crippen molar-refractivity contribution in [3.8, 4) is 0 Å². The molecular formula is C17H21N3O11S. The fraction of sp³-hybridized carbons (Fsp3) is 0.588. The van der Waals surface area contributed by atoms with E-state index in [4.69, 9.17) is 23.7 Å². The molecule has 0 aromatic carbocycles. The zero-order chi connectivity index (χ0) is 24.0. The first-order valence-corrected chi connectivity index (χ1v) is 10.0. The average Bonchev–Trinajstić information content (AvgIpc) is 2.65. The van der Waals surface area contributed by atoms with Crippen LogP contribution in [0, 0.1) is 0 Å². The van der Waals surface area contributed by atoms with Gasteiger partial charge in [0, 0.05) is 27.7 Å². The molecule has 0 saturated carbocycles. The van der Waals surface area contributed by atoms with E-state index in [1.165, 1.54) is 0 Å². The van der Waals surface area contributed by atoms with Crippen LogP contribution in [0.25, 0.3) is 0 Å². The molecule has 5 atom stereocenters. The van der Waals surface area contributed by atoms with E-state index >= 15 is 0 Å². The summed E-state index contributed by atoms with van der Waals surface area (Å²) in [6.07, 6.45) is -5.24. The molecule has 1 aromatic heterocycles. The van der Waals surface area contributed by atoms with Crippen LogP contribution < -0.4 is 11.2 Å². The molecule has 1 saturated heterocycles. The minimum Gasteiger partial charge on any atom is -0.463 e. The molecule has 1 aromatic rings. The van der Waals surface area contributed by atoms with E-state index in [9.17, 15) is 28.8 Å². The Kier molecular flexibility index (Phi) is 8.54. The minimum absolute atomic E-state index is 0.259. The van der Waals surface area contributed by atoms with Gasteiger partial charge in [-0.25, -0.2) is 9.89 Å². The first-order valence-electron chi connectivity index (χ1n) is 9.14. The summed E-state index contributed by atoms with van der Waals surface area (Å²) in [6, 6.07) is 0. The average molecular weight is 475 g/mol. The Morgan fingerprint density at radius 3 is 2.00 bits per heavy atom. The summed E-state index contributed by atoms with van der Waals surface area (Å²) in [6.45, 7) is 4.00. The van der Waals surface area contributed by atoms with Gasteiger partial charge in [0.2, 0.25) is 0 Å². The summed E-state index contributed by atoms with van der Waals surface area (Å²) < 4.78 is 26.6. The van der Waals surface area contributed by atoms with Gasteiger partial charge in [0.1, 0.15) is 12.7 Å². The van der Waals surface area contributed by atoms with Gasteiger partial charge in [-0.1, -0.05) is 11.8 Å². The fourth-order valence-corrected chi connectivity index (χ4v) is 3.83. The normalized spacial score (nSPS) is 24.8. The maximum Gasteiger partial charge on any atom is 0.342 e. The lowest BCUT2D eigenvalue weighted by Gasteiger charge is -2.43.